The number of aromatic amines is 1. The molecule has 0 bridgehead atoms. The molecular weight excluding hydrogens is 345 g/mol. The smallest absolute Gasteiger partial charge is 0.416 e. The minimum atomic E-state index is -4.37. The molecule has 4 nitrogen and oxygen atoms in total. The van der Waals surface area contributed by atoms with Crippen molar-refractivity contribution in [2.75, 3.05) is 13.2 Å². The third kappa shape index (κ3) is 3.43. The van der Waals surface area contributed by atoms with Gasteiger partial charge in [0, 0.05) is 11.6 Å². The highest BCUT2D eigenvalue weighted by molar-refractivity contribution is 5.62. The summed E-state index contributed by atoms with van der Waals surface area (Å²) >= 11 is 0. The molecule has 2 aromatic carbocycles. The Kier molecular flexibility index (Phi) is 4.16. The van der Waals surface area contributed by atoms with Crippen LogP contribution < -0.4 is 4.74 Å². The molecule has 1 N–H and O–H groups in total. The van der Waals surface area contributed by atoms with Crippen LogP contribution in [-0.4, -0.2) is 23.4 Å². The van der Waals surface area contributed by atoms with Crippen LogP contribution in [0, 0.1) is 5.92 Å². The van der Waals surface area contributed by atoms with E-state index < -0.39 is 11.7 Å². The van der Waals surface area contributed by atoms with Gasteiger partial charge in [-0.05, 0) is 35.9 Å². The van der Waals surface area contributed by atoms with E-state index in [0.717, 1.165) is 23.3 Å². The predicted octanol–water partition coefficient (Wildman–Crippen LogP) is 4.84. The first-order valence-electron chi connectivity index (χ1n) is 7.93. The second kappa shape index (κ2) is 6.49. The molecule has 26 heavy (non-hydrogen) atoms. The number of alkyl halides is 3. The van der Waals surface area contributed by atoms with Crippen molar-refractivity contribution in [2.24, 2.45) is 0 Å². The van der Waals surface area contributed by atoms with Gasteiger partial charge in [0.2, 0.25) is 5.88 Å². The first-order chi connectivity index (χ1) is 12.5. The zero-order valence-electron chi connectivity index (χ0n) is 13.5. The summed E-state index contributed by atoms with van der Waals surface area (Å²) in [6.45, 7) is 1.29. The van der Waals surface area contributed by atoms with E-state index in [9.17, 15) is 13.2 Å². The van der Waals surface area contributed by atoms with E-state index in [-0.39, 0.29) is 0 Å². The Morgan fingerprint density at radius 2 is 1.69 bits per heavy atom. The Bertz CT molecular complexity index is 900. The fraction of sp³-hybridized carbons (Fsp3) is 0.158. The van der Waals surface area contributed by atoms with Gasteiger partial charge in [-0.25, -0.2) is 5.10 Å². The van der Waals surface area contributed by atoms with Gasteiger partial charge in [-0.15, -0.1) is 0 Å². The van der Waals surface area contributed by atoms with Crippen LogP contribution in [0.5, 0.6) is 11.6 Å². The highest BCUT2D eigenvalue weighted by atomic mass is 19.4. The van der Waals surface area contributed by atoms with Crippen LogP contribution in [0.15, 0.2) is 54.6 Å². The molecule has 1 radical (unpaired) electrons. The van der Waals surface area contributed by atoms with Crippen molar-refractivity contribution in [3.8, 4) is 22.9 Å². The standard InChI is InChI=1S/C19H14F3N2O2/c20-19(21,22)15-4-6-16(7-5-15)26-18-9-17(23-24-18)13-3-1-2-12(8-13)14-10-25-11-14/h1-9H,10-11H2,(H,23,24). The summed E-state index contributed by atoms with van der Waals surface area (Å²) in [6.07, 6.45) is -4.37. The van der Waals surface area contributed by atoms with Crippen LogP contribution in [0.2, 0.25) is 0 Å². The van der Waals surface area contributed by atoms with E-state index in [0.29, 0.717) is 30.5 Å². The number of nitrogens with one attached hydrogen (secondary N) is 1. The van der Waals surface area contributed by atoms with Crippen LogP contribution in [0.1, 0.15) is 11.1 Å². The third-order valence-corrected chi connectivity index (χ3v) is 4.08. The number of hydrogen-bond donors (Lipinski definition) is 1. The lowest BCUT2D eigenvalue weighted by molar-refractivity contribution is -0.137. The van der Waals surface area contributed by atoms with E-state index in [1.165, 1.54) is 18.1 Å². The van der Waals surface area contributed by atoms with Gasteiger partial charge in [-0.2, -0.15) is 18.3 Å². The molecule has 0 aliphatic carbocycles. The van der Waals surface area contributed by atoms with Crippen molar-refractivity contribution in [3.63, 3.8) is 0 Å². The van der Waals surface area contributed by atoms with Crippen molar-refractivity contribution in [1.82, 2.24) is 10.2 Å². The molecule has 0 saturated carbocycles. The number of benzene rings is 2. The summed E-state index contributed by atoms with van der Waals surface area (Å²) in [5.74, 6) is 1.89. The normalized spacial score (nSPS) is 14.9. The summed E-state index contributed by atoms with van der Waals surface area (Å²) in [7, 11) is 0. The minimum absolute atomic E-state index is 0.295. The van der Waals surface area contributed by atoms with Gasteiger partial charge < -0.3 is 9.47 Å². The molecule has 0 atom stereocenters. The summed E-state index contributed by atoms with van der Waals surface area (Å²) in [4.78, 5) is 0. The number of ether oxygens (including phenoxy) is 2. The lowest BCUT2D eigenvalue weighted by Crippen LogP contribution is -2.25. The van der Waals surface area contributed by atoms with Gasteiger partial charge in [-0.3, -0.25) is 0 Å². The van der Waals surface area contributed by atoms with E-state index in [1.807, 2.05) is 24.3 Å². The molecule has 133 valence electrons. The number of nitrogens with zero attached hydrogens (tertiary/aromatic N) is 1. The maximum absolute atomic E-state index is 12.6. The molecule has 0 unspecified atom stereocenters. The average molecular weight is 359 g/mol. The monoisotopic (exact) mass is 359 g/mol. The second-order valence-corrected chi connectivity index (χ2v) is 5.92. The van der Waals surface area contributed by atoms with Crippen molar-refractivity contribution in [3.05, 3.63) is 71.6 Å². The average Bonchev–Trinajstić information content (AvgIpc) is 3.02. The van der Waals surface area contributed by atoms with Crippen molar-refractivity contribution in [1.29, 1.82) is 0 Å². The molecule has 2 heterocycles. The Balaban J connectivity index is 1.49. The summed E-state index contributed by atoms with van der Waals surface area (Å²) in [6, 6.07) is 14.1. The Hall–Kier alpha value is -2.80. The largest absolute Gasteiger partial charge is 0.440 e. The van der Waals surface area contributed by atoms with Gasteiger partial charge >= 0.3 is 6.18 Å². The Morgan fingerprint density at radius 3 is 2.35 bits per heavy atom. The molecule has 3 aromatic rings. The molecule has 1 fully saturated rings. The number of H-pyrrole nitrogens is 1. The molecular formula is C19H14F3N2O2. The first-order valence-corrected chi connectivity index (χ1v) is 7.93. The lowest BCUT2D eigenvalue weighted by atomic mass is 9.95. The quantitative estimate of drug-likeness (QED) is 0.725. The maximum Gasteiger partial charge on any atom is 0.416 e. The Labute approximate surface area is 147 Å². The second-order valence-electron chi connectivity index (χ2n) is 5.92. The van der Waals surface area contributed by atoms with Gasteiger partial charge in [0.05, 0.1) is 30.4 Å². The number of halogens is 3. The minimum Gasteiger partial charge on any atom is -0.440 e. The van der Waals surface area contributed by atoms with E-state index in [4.69, 9.17) is 9.47 Å². The van der Waals surface area contributed by atoms with Gasteiger partial charge in [0.25, 0.3) is 0 Å². The lowest BCUT2D eigenvalue weighted by Gasteiger charge is -2.25. The van der Waals surface area contributed by atoms with Gasteiger partial charge in [-0.1, -0.05) is 18.2 Å². The highest BCUT2D eigenvalue weighted by Gasteiger charge is 2.30. The molecule has 4 rings (SSSR count). The maximum atomic E-state index is 12.6. The fourth-order valence-electron chi connectivity index (χ4n) is 2.61. The van der Waals surface area contributed by atoms with Crippen LogP contribution in [0.3, 0.4) is 0 Å². The van der Waals surface area contributed by atoms with E-state index >= 15 is 0 Å². The van der Waals surface area contributed by atoms with E-state index in [2.05, 4.69) is 10.2 Å². The Morgan fingerprint density at radius 1 is 0.962 bits per heavy atom. The number of rotatable bonds is 4. The zero-order valence-corrected chi connectivity index (χ0v) is 13.5. The van der Waals surface area contributed by atoms with Crippen LogP contribution in [-0.2, 0) is 10.9 Å². The predicted molar refractivity (Wildman–Crippen MR) is 88.7 cm³/mol. The van der Waals surface area contributed by atoms with Crippen molar-refractivity contribution < 1.29 is 22.6 Å². The number of hydrogen-bond acceptors (Lipinski definition) is 3. The molecule has 1 saturated heterocycles. The fourth-order valence-corrected chi connectivity index (χ4v) is 2.61. The van der Waals surface area contributed by atoms with Crippen LogP contribution in [0.4, 0.5) is 13.2 Å². The first kappa shape index (κ1) is 16.7. The topological polar surface area (TPSA) is 47.1 Å². The molecule has 0 spiro atoms. The van der Waals surface area contributed by atoms with Crippen molar-refractivity contribution >= 4 is 0 Å². The highest BCUT2D eigenvalue weighted by Crippen LogP contribution is 2.32. The third-order valence-electron chi connectivity index (χ3n) is 4.08. The van der Waals surface area contributed by atoms with E-state index in [1.54, 1.807) is 6.07 Å². The molecule has 1 aliphatic rings. The van der Waals surface area contributed by atoms with Crippen LogP contribution >= 0.6 is 0 Å². The SMILES string of the molecule is FC(F)(F)c1ccc(Oc2cc(-c3cccc([C]4COC4)c3)n[nH]2)cc1. The summed E-state index contributed by atoms with van der Waals surface area (Å²) in [5.41, 5.74) is 2.00. The molecule has 1 aromatic heterocycles. The molecule has 1 aliphatic heterocycles. The van der Waals surface area contributed by atoms with Crippen LogP contribution in [0.25, 0.3) is 11.3 Å². The van der Waals surface area contributed by atoms with Gasteiger partial charge in [0.15, 0.2) is 0 Å². The van der Waals surface area contributed by atoms with Gasteiger partial charge in [0.1, 0.15) is 5.75 Å². The number of aromatic nitrogens is 2. The zero-order chi connectivity index (χ0) is 18.1. The summed E-state index contributed by atoms with van der Waals surface area (Å²) < 4.78 is 48.5. The van der Waals surface area contributed by atoms with Crippen molar-refractivity contribution in [2.45, 2.75) is 6.18 Å². The molecule has 7 heteroatoms. The summed E-state index contributed by atoms with van der Waals surface area (Å²) in [5, 5.41) is 6.96. The molecule has 0 amide bonds.